The van der Waals surface area contributed by atoms with Crippen LogP contribution in [0.5, 0.6) is 5.75 Å². The molecule has 2 rings (SSSR count). The van der Waals surface area contributed by atoms with Gasteiger partial charge in [-0.15, -0.1) is 12.4 Å². The molecule has 0 aliphatic rings. The highest BCUT2D eigenvalue weighted by Crippen LogP contribution is 2.29. The Balaban J connectivity index is 0.00000242. The lowest BCUT2D eigenvalue weighted by Crippen LogP contribution is -2.20. The van der Waals surface area contributed by atoms with Crippen molar-refractivity contribution in [3.8, 4) is 5.75 Å². The number of halogens is 4. The van der Waals surface area contributed by atoms with Gasteiger partial charge in [-0.1, -0.05) is 30.3 Å². The van der Waals surface area contributed by atoms with Gasteiger partial charge in [0, 0.05) is 6.54 Å². The molecular weight excluding hydrogens is 315 g/mol. The normalized spacial score (nSPS) is 10.9. The Kier molecular flexibility index (Phi) is 7.21. The topological polar surface area (TPSA) is 21.3 Å². The summed E-state index contributed by atoms with van der Waals surface area (Å²) >= 11 is 0. The summed E-state index contributed by atoms with van der Waals surface area (Å²) < 4.78 is 37.2. The summed E-state index contributed by atoms with van der Waals surface area (Å²) in [5.41, 5.74) is 3.09. The molecule has 0 atom stereocenters. The molecule has 0 aliphatic heterocycles. The molecule has 0 aliphatic carbocycles. The second-order valence-corrected chi connectivity index (χ2v) is 4.61. The molecular formula is C16H17ClF3NO. The van der Waals surface area contributed by atoms with E-state index in [9.17, 15) is 13.2 Å². The lowest BCUT2D eigenvalue weighted by Gasteiger charge is -2.08. The molecule has 0 heterocycles. The fourth-order valence-corrected chi connectivity index (χ4v) is 1.85. The van der Waals surface area contributed by atoms with E-state index in [1.54, 1.807) is 0 Å². The predicted octanol–water partition coefficient (Wildman–Crippen LogP) is 4.64. The molecule has 0 aromatic heterocycles. The Morgan fingerprint density at radius 1 is 0.909 bits per heavy atom. The maximum atomic E-state index is 12.4. The molecule has 0 bridgehead atoms. The molecule has 2 aromatic carbocycles. The largest absolute Gasteiger partial charge is 0.416 e. The molecule has 0 saturated heterocycles. The van der Waals surface area contributed by atoms with Crippen LogP contribution < -0.4 is 10.3 Å². The van der Waals surface area contributed by atoms with Crippen molar-refractivity contribution in [2.75, 3.05) is 6.54 Å². The van der Waals surface area contributed by atoms with Crippen molar-refractivity contribution < 1.29 is 18.0 Å². The molecule has 0 fully saturated rings. The van der Waals surface area contributed by atoms with Crippen molar-refractivity contribution in [3.63, 3.8) is 0 Å². The molecule has 2 nitrogen and oxygen atoms in total. The van der Waals surface area contributed by atoms with E-state index in [1.807, 2.05) is 30.3 Å². The Hall–Kier alpha value is -1.72. The van der Waals surface area contributed by atoms with E-state index in [2.05, 4.69) is 5.48 Å². The Morgan fingerprint density at radius 2 is 1.55 bits per heavy atom. The first-order chi connectivity index (χ1) is 10.1. The number of aryl methyl sites for hydroxylation is 1. The lowest BCUT2D eigenvalue weighted by molar-refractivity contribution is -0.137. The van der Waals surface area contributed by atoms with Crippen LogP contribution in [0.25, 0.3) is 0 Å². The zero-order chi connectivity index (χ0) is 15.1. The van der Waals surface area contributed by atoms with E-state index < -0.39 is 11.7 Å². The molecule has 0 amide bonds. The van der Waals surface area contributed by atoms with E-state index in [0.29, 0.717) is 13.0 Å². The van der Waals surface area contributed by atoms with E-state index in [1.165, 1.54) is 12.1 Å². The monoisotopic (exact) mass is 331 g/mol. The summed E-state index contributed by atoms with van der Waals surface area (Å²) in [6.45, 7) is 0.621. The number of rotatable bonds is 6. The highest BCUT2D eigenvalue weighted by atomic mass is 35.5. The first kappa shape index (κ1) is 18.3. The summed E-state index contributed by atoms with van der Waals surface area (Å²) in [7, 11) is 0. The number of nitrogens with one attached hydrogen (secondary N) is 1. The average Bonchev–Trinajstić information content (AvgIpc) is 2.47. The van der Waals surface area contributed by atoms with Gasteiger partial charge in [0.15, 0.2) is 0 Å². The molecule has 0 spiro atoms. The fourth-order valence-electron chi connectivity index (χ4n) is 1.85. The standard InChI is InChI=1S/C16H16F3NO.ClH/c17-16(18,19)14-10-8-13(9-11-14)5-4-12-20-21-15-6-2-1-3-7-15;/h1-3,6-11,20H,4-5,12H2;1H. The third kappa shape index (κ3) is 5.95. The van der Waals surface area contributed by atoms with E-state index in [0.717, 1.165) is 29.9 Å². The van der Waals surface area contributed by atoms with Crippen molar-refractivity contribution in [3.05, 3.63) is 65.7 Å². The third-order valence-corrected chi connectivity index (χ3v) is 2.96. The molecule has 2 aromatic rings. The number of hydrogen-bond acceptors (Lipinski definition) is 2. The molecule has 22 heavy (non-hydrogen) atoms. The molecule has 120 valence electrons. The minimum Gasteiger partial charge on any atom is -0.409 e. The van der Waals surface area contributed by atoms with Crippen molar-refractivity contribution >= 4 is 12.4 Å². The van der Waals surface area contributed by atoms with Gasteiger partial charge in [-0.3, -0.25) is 0 Å². The highest BCUT2D eigenvalue weighted by molar-refractivity contribution is 5.85. The van der Waals surface area contributed by atoms with E-state index >= 15 is 0 Å². The fraction of sp³-hybridized carbons (Fsp3) is 0.250. The van der Waals surface area contributed by atoms with E-state index in [4.69, 9.17) is 4.84 Å². The second-order valence-electron chi connectivity index (χ2n) is 4.61. The summed E-state index contributed by atoms with van der Waals surface area (Å²) in [5.74, 6) is 0.729. The number of para-hydroxylation sites is 1. The first-order valence-corrected chi connectivity index (χ1v) is 6.66. The van der Waals surface area contributed by atoms with Crippen molar-refractivity contribution in [1.29, 1.82) is 0 Å². The molecule has 6 heteroatoms. The maximum absolute atomic E-state index is 12.4. The minimum atomic E-state index is -4.27. The van der Waals surface area contributed by atoms with Gasteiger partial charge < -0.3 is 4.84 Å². The highest BCUT2D eigenvalue weighted by Gasteiger charge is 2.29. The maximum Gasteiger partial charge on any atom is 0.416 e. The summed E-state index contributed by atoms with van der Waals surface area (Å²) in [5, 5.41) is 0. The summed E-state index contributed by atoms with van der Waals surface area (Å²) in [4.78, 5) is 5.31. The van der Waals surface area contributed by atoms with Crippen molar-refractivity contribution in [1.82, 2.24) is 5.48 Å². The van der Waals surface area contributed by atoms with Crippen LogP contribution in [0.2, 0.25) is 0 Å². The van der Waals surface area contributed by atoms with Gasteiger partial charge in [-0.25, -0.2) is 0 Å². The lowest BCUT2D eigenvalue weighted by atomic mass is 10.1. The summed E-state index contributed by atoms with van der Waals surface area (Å²) in [6, 6.07) is 14.6. The number of hydroxylamine groups is 1. The van der Waals surface area contributed by atoms with Crippen molar-refractivity contribution in [2.24, 2.45) is 0 Å². The van der Waals surface area contributed by atoms with Crippen LogP contribution in [0.3, 0.4) is 0 Å². The predicted molar refractivity (Wildman–Crippen MR) is 82.1 cm³/mol. The van der Waals surface area contributed by atoms with Crippen LogP contribution in [0.1, 0.15) is 17.5 Å². The molecule has 1 N–H and O–H groups in total. The Labute approximate surface area is 133 Å². The van der Waals surface area contributed by atoms with Gasteiger partial charge in [0.2, 0.25) is 0 Å². The third-order valence-electron chi connectivity index (χ3n) is 2.96. The van der Waals surface area contributed by atoms with Gasteiger partial charge in [-0.05, 0) is 42.7 Å². The quantitative estimate of drug-likeness (QED) is 0.615. The minimum absolute atomic E-state index is 0. The average molecular weight is 332 g/mol. The van der Waals surface area contributed by atoms with Crippen LogP contribution in [0.15, 0.2) is 54.6 Å². The number of alkyl halides is 3. The van der Waals surface area contributed by atoms with Gasteiger partial charge >= 0.3 is 6.18 Å². The van der Waals surface area contributed by atoms with Crippen LogP contribution in [-0.2, 0) is 12.6 Å². The van der Waals surface area contributed by atoms with Gasteiger partial charge in [0.25, 0.3) is 0 Å². The van der Waals surface area contributed by atoms with Crippen LogP contribution >= 0.6 is 12.4 Å². The second kappa shape index (κ2) is 8.66. The van der Waals surface area contributed by atoms with Crippen molar-refractivity contribution in [2.45, 2.75) is 19.0 Å². The number of benzene rings is 2. The summed E-state index contributed by atoms with van der Waals surface area (Å²) in [6.07, 6.45) is -2.80. The molecule has 0 radical (unpaired) electrons. The van der Waals surface area contributed by atoms with Gasteiger partial charge in [0.05, 0.1) is 5.56 Å². The van der Waals surface area contributed by atoms with E-state index in [-0.39, 0.29) is 12.4 Å². The number of hydrogen-bond donors (Lipinski definition) is 1. The first-order valence-electron chi connectivity index (χ1n) is 6.66. The molecule has 0 saturated carbocycles. The van der Waals surface area contributed by atoms with Crippen LogP contribution in [0, 0.1) is 0 Å². The zero-order valence-corrected chi connectivity index (χ0v) is 12.6. The molecule has 0 unspecified atom stereocenters. The SMILES string of the molecule is Cl.FC(F)(F)c1ccc(CCCNOc2ccccc2)cc1. The van der Waals surface area contributed by atoms with Gasteiger partial charge in [0.1, 0.15) is 5.75 Å². The Bertz CT molecular complexity index is 544. The van der Waals surface area contributed by atoms with Crippen LogP contribution in [-0.4, -0.2) is 6.54 Å². The Morgan fingerprint density at radius 3 is 2.14 bits per heavy atom. The van der Waals surface area contributed by atoms with Gasteiger partial charge in [-0.2, -0.15) is 18.7 Å². The zero-order valence-electron chi connectivity index (χ0n) is 11.8. The van der Waals surface area contributed by atoms with Crippen LogP contribution in [0.4, 0.5) is 13.2 Å². The smallest absolute Gasteiger partial charge is 0.409 e.